The molecule has 19 heavy (non-hydrogen) atoms. The van der Waals surface area contributed by atoms with Gasteiger partial charge >= 0.3 is 0 Å². The predicted octanol–water partition coefficient (Wildman–Crippen LogP) is 1.57. The van der Waals surface area contributed by atoms with Crippen LogP contribution in [0, 0.1) is 21.4 Å². The maximum atomic E-state index is 12.0. The van der Waals surface area contributed by atoms with Gasteiger partial charge in [-0.3, -0.25) is 10.1 Å². The maximum Gasteiger partial charge on any atom is 0.270 e. The van der Waals surface area contributed by atoms with E-state index in [9.17, 15) is 18.5 Å². The quantitative estimate of drug-likeness (QED) is 0.628. The Kier molecular flexibility index (Phi) is 4.97. The van der Waals surface area contributed by atoms with E-state index in [1.165, 1.54) is 18.2 Å². The smallest absolute Gasteiger partial charge is 0.258 e. The summed E-state index contributed by atoms with van der Waals surface area (Å²) in [7, 11) is -3.86. The molecule has 0 aliphatic rings. The molecular formula is C11H13N3O4S. The van der Waals surface area contributed by atoms with Gasteiger partial charge in [-0.25, -0.2) is 13.1 Å². The molecule has 0 amide bonds. The van der Waals surface area contributed by atoms with Crippen LogP contribution in [0.4, 0.5) is 5.69 Å². The van der Waals surface area contributed by atoms with Gasteiger partial charge in [0.15, 0.2) is 0 Å². The van der Waals surface area contributed by atoms with Crippen molar-refractivity contribution in [1.82, 2.24) is 4.72 Å². The molecule has 102 valence electrons. The highest BCUT2D eigenvalue weighted by atomic mass is 32.2. The van der Waals surface area contributed by atoms with Crippen molar-refractivity contribution < 1.29 is 13.3 Å². The lowest BCUT2D eigenvalue weighted by Crippen LogP contribution is -2.34. The van der Waals surface area contributed by atoms with Crippen LogP contribution in [0.5, 0.6) is 0 Å². The van der Waals surface area contributed by atoms with Gasteiger partial charge in [0.25, 0.3) is 5.69 Å². The van der Waals surface area contributed by atoms with E-state index in [0.717, 1.165) is 6.07 Å². The Hall–Kier alpha value is -1.98. The molecule has 1 aromatic rings. The number of nitriles is 1. The predicted molar refractivity (Wildman–Crippen MR) is 67.7 cm³/mol. The van der Waals surface area contributed by atoms with Gasteiger partial charge < -0.3 is 0 Å². The first-order valence-corrected chi connectivity index (χ1v) is 7.02. The van der Waals surface area contributed by atoms with Crippen molar-refractivity contribution in [2.45, 2.75) is 30.7 Å². The standard InChI is InChI=1S/C11H13N3O4S/c1-2-9(6-7-12)13-19(17,18)11-5-3-4-10(8-11)14(15)16/h3-5,8-9,13H,2,6H2,1H3. The molecular weight excluding hydrogens is 270 g/mol. The Morgan fingerprint density at radius 2 is 2.21 bits per heavy atom. The largest absolute Gasteiger partial charge is 0.270 e. The van der Waals surface area contributed by atoms with Crippen LogP contribution in [-0.2, 0) is 10.0 Å². The summed E-state index contributed by atoms with van der Waals surface area (Å²) in [5, 5.41) is 19.2. The minimum atomic E-state index is -3.86. The first-order chi connectivity index (χ1) is 8.90. The van der Waals surface area contributed by atoms with Crippen LogP contribution in [0.3, 0.4) is 0 Å². The van der Waals surface area contributed by atoms with E-state index in [1.807, 2.05) is 6.07 Å². The van der Waals surface area contributed by atoms with Crippen LogP contribution >= 0.6 is 0 Å². The summed E-state index contributed by atoms with van der Waals surface area (Å²) in [6, 6.07) is 6.16. The summed E-state index contributed by atoms with van der Waals surface area (Å²) >= 11 is 0. The van der Waals surface area contributed by atoms with E-state index >= 15 is 0 Å². The molecule has 0 aliphatic carbocycles. The fourth-order valence-corrected chi connectivity index (χ4v) is 2.79. The second-order valence-corrected chi connectivity index (χ2v) is 5.56. The van der Waals surface area contributed by atoms with Crippen molar-refractivity contribution in [3.05, 3.63) is 34.4 Å². The molecule has 0 heterocycles. The number of sulfonamides is 1. The van der Waals surface area contributed by atoms with Crippen LogP contribution in [-0.4, -0.2) is 19.4 Å². The molecule has 0 aliphatic heterocycles. The van der Waals surface area contributed by atoms with Crippen LogP contribution in [0.25, 0.3) is 0 Å². The van der Waals surface area contributed by atoms with E-state index in [0.29, 0.717) is 6.42 Å². The topological polar surface area (TPSA) is 113 Å². The normalized spacial score (nSPS) is 12.6. The zero-order valence-corrected chi connectivity index (χ0v) is 11.1. The lowest BCUT2D eigenvalue weighted by atomic mass is 10.2. The third kappa shape index (κ3) is 4.01. The third-order valence-electron chi connectivity index (χ3n) is 2.49. The van der Waals surface area contributed by atoms with Gasteiger partial charge in [0.2, 0.25) is 10.0 Å². The number of rotatable bonds is 6. The minimum absolute atomic E-state index is 0.0463. The van der Waals surface area contributed by atoms with Crippen molar-refractivity contribution in [3.8, 4) is 6.07 Å². The van der Waals surface area contributed by atoms with Gasteiger partial charge in [-0.1, -0.05) is 13.0 Å². The minimum Gasteiger partial charge on any atom is -0.258 e. The molecule has 8 heteroatoms. The number of benzene rings is 1. The van der Waals surface area contributed by atoms with E-state index in [1.54, 1.807) is 6.92 Å². The van der Waals surface area contributed by atoms with Crippen LogP contribution in [0.2, 0.25) is 0 Å². The fourth-order valence-electron chi connectivity index (χ4n) is 1.43. The first-order valence-electron chi connectivity index (χ1n) is 5.54. The van der Waals surface area contributed by atoms with Gasteiger partial charge in [-0.2, -0.15) is 5.26 Å². The summed E-state index contributed by atoms with van der Waals surface area (Å²) in [6.45, 7) is 1.75. The van der Waals surface area contributed by atoms with Crippen LogP contribution in [0.1, 0.15) is 19.8 Å². The SMILES string of the molecule is CCC(CC#N)NS(=O)(=O)c1cccc([N+](=O)[O-])c1. The van der Waals surface area contributed by atoms with E-state index in [-0.39, 0.29) is 17.0 Å². The molecule has 0 spiro atoms. The average Bonchev–Trinajstić information content (AvgIpc) is 2.38. The molecule has 0 fully saturated rings. The Balaban J connectivity index is 3.03. The summed E-state index contributed by atoms with van der Waals surface area (Å²) in [5.41, 5.74) is -0.295. The number of nitro benzene ring substituents is 1. The number of hydrogen-bond acceptors (Lipinski definition) is 5. The Morgan fingerprint density at radius 3 is 2.74 bits per heavy atom. The molecule has 1 N–H and O–H groups in total. The lowest BCUT2D eigenvalue weighted by Gasteiger charge is -2.13. The second-order valence-electron chi connectivity index (χ2n) is 3.84. The first kappa shape index (κ1) is 15.1. The van der Waals surface area contributed by atoms with Crippen molar-refractivity contribution in [2.24, 2.45) is 0 Å². The number of nitro groups is 1. The summed E-state index contributed by atoms with van der Waals surface area (Å²) in [4.78, 5) is 9.76. The zero-order valence-electron chi connectivity index (χ0n) is 10.2. The molecule has 1 unspecified atom stereocenters. The molecule has 0 saturated carbocycles. The molecule has 7 nitrogen and oxygen atoms in total. The van der Waals surface area contributed by atoms with Crippen molar-refractivity contribution in [1.29, 1.82) is 5.26 Å². The van der Waals surface area contributed by atoms with Gasteiger partial charge in [0.05, 0.1) is 22.3 Å². The molecule has 0 saturated heterocycles. The van der Waals surface area contributed by atoms with Gasteiger partial charge in [0.1, 0.15) is 0 Å². The van der Waals surface area contributed by atoms with Gasteiger partial charge in [-0.05, 0) is 12.5 Å². The van der Waals surface area contributed by atoms with Crippen molar-refractivity contribution in [3.63, 3.8) is 0 Å². The molecule has 0 aromatic heterocycles. The van der Waals surface area contributed by atoms with E-state index in [2.05, 4.69) is 4.72 Å². The molecule has 1 aromatic carbocycles. The maximum absolute atomic E-state index is 12.0. The molecule has 0 radical (unpaired) electrons. The van der Waals surface area contributed by atoms with Crippen LogP contribution in [0.15, 0.2) is 29.2 Å². The van der Waals surface area contributed by atoms with Crippen LogP contribution < -0.4 is 4.72 Å². The molecule has 1 rings (SSSR count). The Morgan fingerprint density at radius 1 is 1.53 bits per heavy atom. The Labute approximate surface area is 111 Å². The highest BCUT2D eigenvalue weighted by Crippen LogP contribution is 2.17. The van der Waals surface area contributed by atoms with Gasteiger partial charge in [-0.15, -0.1) is 0 Å². The van der Waals surface area contributed by atoms with Crippen molar-refractivity contribution >= 4 is 15.7 Å². The number of non-ortho nitro benzene ring substituents is 1. The number of nitrogens with one attached hydrogen (secondary N) is 1. The fraction of sp³-hybridized carbons (Fsp3) is 0.364. The molecule has 1 atom stereocenters. The molecule has 0 bridgehead atoms. The van der Waals surface area contributed by atoms with Gasteiger partial charge in [0, 0.05) is 18.2 Å². The second kappa shape index (κ2) is 6.26. The number of nitrogens with zero attached hydrogens (tertiary/aromatic N) is 2. The summed E-state index contributed by atoms with van der Waals surface area (Å²) < 4.78 is 26.4. The van der Waals surface area contributed by atoms with Crippen molar-refractivity contribution in [2.75, 3.05) is 0 Å². The summed E-state index contributed by atoms with van der Waals surface area (Å²) in [6.07, 6.45) is 0.506. The monoisotopic (exact) mass is 283 g/mol. The Bertz CT molecular complexity index is 607. The average molecular weight is 283 g/mol. The number of hydrogen-bond donors (Lipinski definition) is 1. The van der Waals surface area contributed by atoms with E-state index in [4.69, 9.17) is 5.26 Å². The lowest BCUT2D eigenvalue weighted by molar-refractivity contribution is -0.385. The zero-order chi connectivity index (χ0) is 14.5. The third-order valence-corrected chi connectivity index (χ3v) is 4.01. The highest BCUT2D eigenvalue weighted by molar-refractivity contribution is 7.89. The highest BCUT2D eigenvalue weighted by Gasteiger charge is 2.20. The van der Waals surface area contributed by atoms with E-state index < -0.39 is 21.0 Å². The summed E-state index contributed by atoms with van der Waals surface area (Å²) in [5.74, 6) is 0.